The second-order valence-electron chi connectivity index (χ2n) is 9.69. The van der Waals surface area contributed by atoms with E-state index in [-0.39, 0.29) is 33.6 Å². The van der Waals surface area contributed by atoms with E-state index in [0.29, 0.717) is 36.7 Å². The molecule has 48 heavy (non-hydrogen) atoms. The van der Waals surface area contributed by atoms with Crippen LogP contribution in [0.4, 0.5) is 70.2 Å². The molecule has 22 heteroatoms. The van der Waals surface area contributed by atoms with Gasteiger partial charge in [0.05, 0.1) is 11.4 Å². The van der Waals surface area contributed by atoms with Crippen LogP contribution in [0, 0.1) is 0 Å². The fourth-order valence-corrected chi connectivity index (χ4v) is 6.21. The first kappa shape index (κ1) is 36.9. The molecule has 0 spiro atoms. The summed E-state index contributed by atoms with van der Waals surface area (Å²) in [6, 6.07) is 2.33. The molecule has 0 amide bonds. The monoisotopic (exact) mass is 734 g/mol. The number of benzene rings is 2. The smallest absolute Gasteiger partial charge is 0.440 e. The van der Waals surface area contributed by atoms with Crippen LogP contribution in [0.3, 0.4) is 0 Å². The van der Waals surface area contributed by atoms with Crippen molar-refractivity contribution in [2.75, 3.05) is 0 Å². The van der Waals surface area contributed by atoms with Crippen molar-refractivity contribution in [3.05, 3.63) is 94.6 Å². The number of hydrogen-bond donors (Lipinski definition) is 0. The Labute approximate surface area is 259 Å². The van der Waals surface area contributed by atoms with Gasteiger partial charge < -0.3 is 4.55 Å². The molecule has 2 atom stereocenters. The van der Waals surface area contributed by atoms with Crippen molar-refractivity contribution in [2.24, 2.45) is 0 Å². The highest BCUT2D eigenvalue weighted by atomic mass is 32.2. The lowest BCUT2D eigenvalue weighted by Gasteiger charge is -2.33. The maximum atomic E-state index is 14.5. The van der Waals surface area contributed by atoms with E-state index in [0.717, 1.165) is 0 Å². The molecule has 0 bridgehead atoms. The first-order valence-corrected chi connectivity index (χ1v) is 13.8. The molecule has 0 radical (unpaired) electrons. The predicted octanol–water partition coefficient (Wildman–Crippen LogP) is 9.63. The van der Waals surface area contributed by atoms with Crippen molar-refractivity contribution in [1.29, 1.82) is 0 Å². The van der Waals surface area contributed by atoms with Crippen LogP contribution >= 0.6 is 0 Å². The molecular formula is C26H14F16N4OS. The van der Waals surface area contributed by atoms with Gasteiger partial charge in [-0.3, -0.25) is 0 Å². The molecule has 2 heterocycles. The molecule has 5 nitrogen and oxygen atoms in total. The zero-order chi connectivity index (χ0) is 36.1. The predicted molar refractivity (Wildman–Crippen MR) is 133 cm³/mol. The summed E-state index contributed by atoms with van der Waals surface area (Å²) in [5, 5.41) is -1.99. The Kier molecular flexibility index (Phi) is 9.85. The Morgan fingerprint density at radius 2 is 0.854 bits per heavy atom. The molecule has 0 aliphatic heterocycles. The summed E-state index contributed by atoms with van der Waals surface area (Å²) < 4.78 is 235. The minimum Gasteiger partial charge on any atom is -0.615 e. The van der Waals surface area contributed by atoms with E-state index >= 15 is 0 Å². The molecular weight excluding hydrogens is 720 g/mol. The van der Waals surface area contributed by atoms with Gasteiger partial charge in [-0.1, -0.05) is 12.1 Å². The molecule has 0 N–H and O–H groups in total. The highest BCUT2D eigenvalue weighted by Gasteiger charge is 2.61. The zero-order valence-electron chi connectivity index (χ0n) is 22.7. The van der Waals surface area contributed by atoms with Gasteiger partial charge in [0.25, 0.3) is 12.9 Å². The highest BCUT2D eigenvalue weighted by Crippen LogP contribution is 2.53. The van der Waals surface area contributed by atoms with Gasteiger partial charge >= 0.3 is 24.7 Å². The molecule has 0 aliphatic rings. The number of halogens is 16. The fraction of sp³-hybridized carbons (Fsp3) is 0.308. The van der Waals surface area contributed by atoms with Gasteiger partial charge in [0.15, 0.2) is 11.4 Å². The summed E-state index contributed by atoms with van der Waals surface area (Å²) in [4.78, 5) is 0. The molecule has 2 unspecified atom stereocenters. The molecule has 2 aromatic carbocycles. The largest absolute Gasteiger partial charge is 0.615 e. The van der Waals surface area contributed by atoms with Crippen molar-refractivity contribution in [3.8, 4) is 11.4 Å². The molecule has 2 aromatic heterocycles. The second kappa shape index (κ2) is 12.8. The zero-order valence-corrected chi connectivity index (χ0v) is 23.6. The molecule has 0 saturated heterocycles. The Hall–Kier alpha value is -3.95. The summed E-state index contributed by atoms with van der Waals surface area (Å²) >= 11 is -4.57. The third-order valence-corrected chi connectivity index (χ3v) is 8.49. The van der Waals surface area contributed by atoms with Crippen LogP contribution < -0.4 is 0 Å². The number of aromatic nitrogens is 4. The van der Waals surface area contributed by atoms with Gasteiger partial charge in [-0.25, -0.2) is 26.9 Å². The highest BCUT2D eigenvalue weighted by molar-refractivity contribution is 7.92. The van der Waals surface area contributed by atoms with Crippen LogP contribution in [0.2, 0.25) is 0 Å². The lowest BCUT2D eigenvalue weighted by molar-refractivity contribution is -0.142. The lowest BCUT2D eigenvalue weighted by Crippen LogP contribution is -2.39. The Morgan fingerprint density at radius 3 is 1.10 bits per heavy atom. The molecule has 0 aliphatic carbocycles. The molecule has 262 valence electrons. The van der Waals surface area contributed by atoms with Crippen LogP contribution in [-0.4, -0.2) is 36.5 Å². The van der Waals surface area contributed by atoms with Crippen LogP contribution in [-0.2, 0) is 23.5 Å². The van der Waals surface area contributed by atoms with Gasteiger partial charge in [-0.2, -0.15) is 62.9 Å². The number of rotatable bonds is 8. The summed E-state index contributed by atoms with van der Waals surface area (Å²) in [5.74, 6) is 0. The van der Waals surface area contributed by atoms with Crippen molar-refractivity contribution >= 4 is 11.2 Å². The molecule has 0 saturated carbocycles. The minimum atomic E-state index is -6.11. The van der Waals surface area contributed by atoms with Crippen molar-refractivity contribution in [2.45, 2.75) is 48.1 Å². The third-order valence-electron chi connectivity index (χ3n) is 6.52. The summed E-state index contributed by atoms with van der Waals surface area (Å²) in [7, 11) is 0. The number of nitrogens with zero attached hydrogens (tertiary/aromatic N) is 4. The first-order valence-electron chi connectivity index (χ1n) is 12.5. The normalized spacial score (nSPS) is 15.3. The van der Waals surface area contributed by atoms with Crippen LogP contribution in [0.25, 0.3) is 11.4 Å². The van der Waals surface area contributed by atoms with Crippen LogP contribution in [0.1, 0.15) is 57.0 Å². The Morgan fingerprint density at radius 1 is 0.521 bits per heavy atom. The molecule has 0 fully saturated rings. The Bertz CT molecular complexity index is 1610. The standard InChI is InChI=1S/C26H14F16N4OS/c27-21(28)13-3-1-11(45-7-5-17(43-45)23(31,32)33)9-15(13)19(25(37,38)39)48(47)20(26(40,41)42)16-10-12(2-4-14(16)22(29)30)46-8-6-18(44-46)24(34,35)36/h1-10,19-22H. The topological polar surface area (TPSA) is 58.7 Å². The SMILES string of the molecule is [O-][S+](C(c1cc(-n2ccc(C(F)(F)F)n2)ccc1C(F)F)C(F)(F)F)C(c1cc(-n2ccc(C(F)(F)F)n2)ccc1C(F)F)C(F)(F)F. The van der Waals surface area contributed by atoms with E-state index in [1.54, 1.807) is 0 Å². The van der Waals surface area contributed by atoms with Gasteiger partial charge in [-0.15, -0.1) is 0 Å². The van der Waals surface area contributed by atoms with Gasteiger partial charge in [0.1, 0.15) is 0 Å². The summed E-state index contributed by atoms with van der Waals surface area (Å²) in [5.41, 5.74) is -11.8. The van der Waals surface area contributed by atoms with E-state index in [4.69, 9.17) is 0 Å². The van der Waals surface area contributed by atoms with E-state index < -0.39 is 104 Å². The van der Waals surface area contributed by atoms with E-state index in [2.05, 4.69) is 10.2 Å². The van der Waals surface area contributed by atoms with Crippen LogP contribution in [0.15, 0.2) is 60.9 Å². The van der Waals surface area contributed by atoms with E-state index in [1.807, 2.05) is 0 Å². The average Bonchev–Trinajstić information content (AvgIpc) is 3.62. The number of alkyl halides is 16. The Balaban J connectivity index is 1.94. The molecule has 4 rings (SSSR count). The summed E-state index contributed by atoms with van der Waals surface area (Å²) in [6.45, 7) is 0. The quantitative estimate of drug-likeness (QED) is 0.134. The van der Waals surface area contributed by atoms with Crippen molar-refractivity contribution in [1.82, 2.24) is 19.6 Å². The second-order valence-corrected chi connectivity index (χ2v) is 11.3. The maximum absolute atomic E-state index is 14.5. The first-order chi connectivity index (χ1) is 21.9. The lowest BCUT2D eigenvalue weighted by atomic mass is 10.0. The van der Waals surface area contributed by atoms with Gasteiger partial charge in [-0.05, 0) is 47.6 Å². The molecule has 4 aromatic rings. The van der Waals surface area contributed by atoms with Gasteiger partial charge in [0, 0.05) is 34.6 Å². The van der Waals surface area contributed by atoms with Crippen LogP contribution in [0.5, 0.6) is 0 Å². The van der Waals surface area contributed by atoms with Crippen molar-refractivity contribution < 1.29 is 74.8 Å². The minimum absolute atomic E-state index is 0.0744. The third kappa shape index (κ3) is 7.68. The average molecular weight is 734 g/mol. The summed E-state index contributed by atoms with van der Waals surface area (Å²) in [6.07, 6.45) is -29.1. The maximum Gasteiger partial charge on any atom is 0.440 e. The fourth-order valence-electron chi connectivity index (χ4n) is 4.50. The van der Waals surface area contributed by atoms with E-state index in [9.17, 15) is 74.8 Å². The van der Waals surface area contributed by atoms with E-state index in [1.165, 1.54) is 0 Å². The van der Waals surface area contributed by atoms with Gasteiger partial charge in [0.2, 0.25) is 10.5 Å². The number of hydrogen-bond acceptors (Lipinski definition) is 3. The van der Waals surface area contributed by atoms with Crippen molar-refractivity contribution in [3.63, 3.8) is 0 Å².